The first-order chi connectivity index (χ1) is 8.26. The van der Waals surface area contributed by atoms with Gasteiger partial charge in [-0.15, -0.1) is 0 Å². The molecule has 17 heavy (non-hydrogen) atoms. The molecule has 3 heteroatoms. The molecule has 0 aromatic heterocycles. The molecule has 0 aliphatic heterocycles. The first-order valence-electron chi connectivity index (χ1n) is 5.70. The van der Waals surface area contributed by atoms with Crippen molar-refractivity contribution in [3.8, 4) is 5.75 Å². The molecule has 0 aliphatic carbocycles. The van der Waals surface area contributed by atoms with E-state index in [0.29, 0.717) is 6.61 Å². The topological polar surface area (TPSA) is 13.7 Å². The minimum atomic E-state index is 0.702. The van der Waals surface area contributed by atoms with E-state index in [-0.39, 0.29) is 0 Å². The third-order valence-electron chi connectivity index (χ3n) is 2.39. The van der Waals surface area contributed by atoms with Crippen LogP contribution in [0, 0.1) is 0 Å². The normalized spacial score (nSPS) is 10.2. The van der Waals surface area contributed by atoms with Gasteiger partial charge in [0.25, 0.3) is 0 Å². The molecule has 0 unspecified atom stereocenters. The molecule has 0 amide bonds. The van der Waals surface area contributed by atoms with Crippen molar-refractivity contribution in [1.29, 1.82) is 0 Å². The minimum absolute atomic E-state index is 0.702. The zero-order valence-corrected chi connectivity index (χ0v) is 11.6. The Hall–Kier alpha value is -1.06. The summed E-state index contributed by atoms with van der Waals surface area (Å²) in [5, 5.41) is 0. The van der Waals surface area contributed by atoms with E-state index in [2.05, 4.69) is 29.1 Å². The SMILES string of the molecule is C=CC[NH+](CC=C)CCOc1cccc(Br)c1. The Bertz CT molecular complexity index is 355. The van der Waals surface area contributed by atoms with Crippen LogP contribution in [-0.4, -0.2) is 26.2 Å². The Kier molecular flexibility index (Phi) is 6.67. The second-order valence-electron chi connectivity index (χ2n) is 3.79. The van der Waals surface area contributed by atoms with Crippen LogP contribution in [0.15, 0.2) is 54.0 Å². The van der Waals surface area contributed by atoms with Crippen molar-refractivity contribution in [2.75, 3.05) is 26.2 Å². The van der Waals surface area contributed by atoms with Crippen LogP contribution in [0.3, 0.4) is 0 Å². The fraction of sp³-hybridized carbons (Fsp3) is 0.286. The van der Waals surface area contributed by atoms with Gasteiger partial charge in [0, 0.05) is 4.47 Å². The van der Waals surface area contributed by atoms with Crippen LogP contribution in [0.1, 0.15) is 0 Å². The zero-order chi connectivity index (χ0) is 12.5. The maximum absolute atomic E-state index is 5.69. The van der Waals surface area contributed by atoms with E-state index in [1.165, 1.54) is 4.90 Å². The smallest absolute Gasteiger partial charge is 0.137 e. The van der Waals surface area contributed by atoms with E-state index in [9.17, 15) is 0 Å². The van der Waals surface area contributed by atoms with Crippen molar-refractivity contribution in [3.63, 3.8) is 0 Å². The van der Waals surface area contributed by atoms with Gasteiger partial charge in [-0.2, -0.15) is 0 Å². The molecule has 0 fully saturated rings. The summed E-state index contributed by atoms with van der Waals surface area (Å²) in [5.74, 6) is 0.899. The molecule has 0 aliphatic rings. The van der Waals surface area contributed by atoms with Gasteiger partial charge in [-0.1, -0.05) is 35.2 Å². The molecule has 0 bridgehead atoms. The second kappa shape index (κ2) is 8.09. The highest BCUT2D eigenvalue weighted by molar-refractivity contribution is 9.10. The van der Waals surface area contributed by atoms with Crippen LogP contribution < -0.4 is 9.64 Å². The van der Waals surface area contributed by atoms with Crippen molar-refractivity contribution in [3.05, 3.63) is 54.0 Å². The highest BCUT2D eigenvalue weighted by Crippen LogP contribution is 2.17. The summed E-state index contributed by atoms with van der Waals surface area (Å²) in [4.78, 5) is 1.41. The molecule has 2 nitrogen and oxygen atoms in total. The first kappa shape index (κ1) is 14.0. The Morgan fingerprint density at radius 1 is 1.24 bits per heavy atom. The largest absolute Gasteiger partial charge is 0.488 e. The molecule has 92 valence electrons. The number of hydrogen-bond donors (Lipinski definition) is 1. The Labute approximate surface area is 112 Å². The molecular formula is C14H19BrNO+. The van der Waals surface area contributed by atoms with Gasteiger partial charge in [0.2, 0.25) is 0 Å². The number of nitrogens with one attached hydrogen (secondary N) is 1. The van der Waals surface area contributed by atoms with Crippen LogP contribution in [0.25, 0.3) is 0 Å². The summed E-state index contributed by atoms with van der Waals surface area (Å²) in [6.07, 6.45) is 3.86. The molecule has 0 spiro atoms. The molecule has 1 aromatic rings. The van der Waals surface area contributed by atoms with Crippen molar-refractivity contribution >= 4 is 15.9 Å². The highest BCUT2D eigenvalue weighted by atomic mass is 79.9. The number of ether oxygens (including phenoxy) is 1. The quantitative estimate of drug-likeness (QED) is 0.725. The molecule has 1 N–H and O–H groups in total. The lowest BCUT2D eigenvalue weighted by atomic mass is 10.3. The minimum Gasteiger partial charge on any atom is -0.488 e. The van der Waals surface area contributed by atoms with Crippen molar-refractivity contribution < 1.29 is 9.64 Å². The standard InChI is InChI=1S/C14H18BrNO/c1-3-8-16(9-4-2)10-11-17-14-7-5-6-13(15)12-14/h3-7,12H,1-2,8-11H2/p+1. The van der Waals surface area contributed by atoms with E-state index < -0.39 is 0 Å². The molecule has 0 heterocycles. The van der Waals surface area contributed by atoms with E-state index in [0.717, 1.165) is 29.9 Å². The fourth-order valence-corrected chi connectivity index (χ4v) is 1.94. The summed E-state index contributed by atoms with van der Waals surface area (Å²) in [6, 6.07) is 7.89. The fourth-order valence-electron chi connectivity index (χ4n) is 1.57. The van der Waals surface area contributed by atoms with Gasteiger partial charge in [0.1, 0.15) is 18.9 Å². The average Bonchev–Trinajstić information content (AvgIpc) is 2.30. The monoisotopic (exact) mass is 296 g/mol. The molecule has 0 atom stereocenters. The molecule has 0 saturated heterocycles. The van der Waals surface area contributed by atoms with E-state index in [1.54, 1.807) is 0 Å². The van der Waals surface area contributed by atoms with E-state index >= 15 is 0 Å². The number of rotatable bonds is 8. The summed E-state index contributed by atoms with van der Waals surface area (Å²) in [6.45, 7) is 11.0. The van der Waals surface area contributed by atoms with Gasteiger partial charge in [0.05, 0.1) is 13.1 Å². The molecule has 1 rings (SSSR count). The maximum atomic E-state index is 5.69. The van der Waals surface area contributed by atoms with Gasteiger partial charge < -0.3 is 9.64 Å². The van der Waals surface area contributed by atoms with Crippen LogP contribution in [0.2, 0.25) is 0 Å². The number of quaternary nitrogens is 1. The van der Waals surface area contributed by atoms with Crippen LogP contribution in [-0.2, 0) is 0 Å². The lowest BCUT2D eigenvalue weighted by Gasteiger charge is -2.16. The predicted molar refractivity (Wildman–Crippen MR) is 75.6 cm³/mol. The lowest BCUT2D eigenvalue weighted by Crippen LogP contribution is -3.12. The van der Waals surface area contributed by atoms with Crippen molar-refractivity contribution in [2.24, 2.45) is 0 Å². The molecule has 0 saturated carbocycles. The van der Waals surface area contributed by atoms with Gasteiger partial charge in [-0.25, -0.2) is 0 Å². The van der Waals surface area contributed by atoms with Crippen molar-refractivity contribution in [1.82, 2.24) is 0 Å². The van der Waals surface area contributed by atoms with Gasteiger partial charge in [0.15, 0.2) is 0 Å². The highest BCUT2D eigenvalue weighted by Gasteiger charge is 2.04. The Balaban J connectivity index is 2.34. The molecule has 0 radical (unpaired) electrons. The summed E-state index contributed by atoms with van der Waals surface area (Å²) >= 11 is 3.42. The van der Waals surface area contributed by atoms with Crippen molar-refractivity contribution in [2.45, 2.75) is 0 Å². The van der Waals surface area contributed by atoms with Gasteiger partial charge in [-0.3, -0.25) is 0 Å². The Morgan fingerprint density at radius 3 is 2.53 bits per heavy atom. The first-order valence-corrected chi connectivity index (χ1v) is 6.49. The van der Waals surface area contributed by atoms with E-state index in [4.69, 9.17) is 4.74 Å². The lowest BCUT2D eigenvalue weighted by molar-refractivity contribution is -0.888. The Morgan fingerprint density at radius 2 is 1.94 bits per heavy atom. The number of hydrogen-bond acceptors (Lipinski definition) is 1. The zero-order valence-electron chi connectivity index (χ0n) is 9.99. The third-order valence-corrected chi connectivity index (χ3v) is 2.88. The maximum Gasteiger partial charge on any atom is 0.137 e. The average molecular weight is 297 g/mol. The number of halogens is 1. The van der Waals surface area contributed by atoms with Crippen LogP contribution in [0.5, 0.6) is 5.75 Å². The van der Waals surface area contributed by atoms with Crippen LogP contribution >= 0.6 is 15.9 Å². The summed E-state index contributed by atoms with van der Waals surface area (Å²) < 4.78 is 6.73. The summed E-state index contributed by atoms with van der Waals surface area (Å²) in [7, 11) is 0. The van der Waals surface area contributed by atoms with Gasteiger partial charge >= 0.3 is 0 Å². The molecule has 1 aromatic carbocycles. The van der Waals surface area contributed by atoms with Crippen LogP contribution in [0.4, 0.5) is 0 Å². The number of benzene rings is 1. The third kappa shape index (κ3) is 5.71. The predicted octanol–water partition coefficient (Wildman–Crippen LogP) is 2.08. The molecular weight excluding hydrogens is 278 g/mol. The second-order valence-corrected chi connectivity index (χ2v) is 4.71. The van der Waals surface area contributed by atoms with E-state index in [1.807, 2.05) is 36.4 Å². The van der Waals surface area contributed by atoms with Gasteiger partial charge in [-0.05, 0) is 30.4 Å². The summed E-state index contributed by atoms with van der Waals surface area (Å²) in [5.41, 5.74) is 0.